The van der Waals surface area contributed by atoms with Crippen LogP contribution >= 0.6 is 11.6 Å². The number of rotatable bonds is 5. The highest BCUT2D eigenvalue weighted by atomic mass is 35.5. The Bertz CT molecular complexity index is 756. The minimum absolute atomic E-state index is 0.181. The number of nitrogens with zero attached hydrogens (tertiary/aromatic N) is 7. The average molecular weight is 319 g/mol. The number of nitrogens with one attached hydrogen (secondary N) is 1. The number of hydrogen-bond donors (Lipinski definition) is 1. The molecule has 1 aromatic carbocycles. The number of tetrazole rings is 1. The van der Waals surface area contributed by atoms with Gasteiger partial charge in [-0.2, -0.15) is 5.10 Å². The van der Waals surface area contributed by atoms with Crippen molar-refractivity contribution in [2.75, 3.05) is 5.32 Å². The lowest BCUT2D eigenvalue weighted by Gasteiger charge is -2.11. The largest absolute Gasteiger partial charge is 0.324 e. The quantitative estimate of drug-likeness (QED) is 0.750. The predicted octanol–water partition coefficient (Wildman–Crippen LogP) is 0.936. The monoisotopic (exact) mass is 318 g/mol. The van der Waals surface area contributed by atoms with E-state index in [0.29, 0.717) is 22.9 Å². The number of aromatic nitrogens is 7. The maximum atomic E-state index is 12.1. The van der Waals surface area contributed by atoms with Crippen molar-refractivity contribution in [3.63, 3.8) is 0 Å². The van der Waals surface area contributed by atoms with Crippen LogP contribution in [0.3, 0.4) is 0 Å². The highest BCUT2D eigenvalue weighted by Gasteiger charge is 2.10. The third-order valence-corrected chi connectivity index (χ3v) is 3.09. The van der Waals surface area contributed by atoms with E-state index in [1.165, 1.54) is 17.3 Å². The summed E-state index contributed by atoms with van der Waals surface area (Å²) in [6, 6.07) is 5.14. The maximum Gasteiger partial charge on any atom is 0.226 e. The third kappa shape index (κ3) is 3.26. The minimum Gasteiger partial charge on any atom is -0.324 e. The smallest absolute Gasteiger partial charge is 0.226 e. The molecule has 3 aromatic rings. The van der Waals surface area contributed by atoms with E-state index in [0.717, 1.165) is 0 Å². The Hall–Kier alpha value is -2.81. The normalized spacial score (nSPS) is 10.6. The molecule has 0 radical (unpaired) electrons. The molecule has 9 nitrogen and oxygen atoms in total. The molecule has 0 saturated carbocycles. The zero-order valence-corrected chi connectivity index (χ0v) is 12.1. The van der Waals surface area contributed by atoms with Gasteiger partial charge in [0.1, 0.15) is 19.0 Å². The first kappa shape index (κ1) is 14.1. The highest BCUT2D eigenvalue weighted by molar-refractivity contribution is 6.31. The average Bonchev–Trinajstić information content (AvgIpc) is 3.19. The van der Waals surface area contributed by atoms with Gasteiger partial charge in [0, 0.05) is 11.4 Å². The van der Waals surface area contributed by atoms with Crippen molar-refractivity contribution in [2.24, 2.45) is 0 Å². The fourth-order valence-electron chi connectivity index (χ4n) is 1.85. The molecule has 2 heterocycles. The van der Waals surface area contributed by atoms with Crippen LogP contribution in [0.25, 0.3) is 5.69 Å². The summed E-state index contributed by atoms with van der Waals surface area (Å²) in [6.45, 7) is 0.387. The number of carbonyl (C=O) groups is 1. The van der Waals surface area contributed by atoms with Crippen LogP contribution in [-0.4, -0.2) is 40.9 Å². The van der Waals surface area contributed by atoms with Gasteiger partial charge in [0.05, 0.1) is 17.9 Å². The Kier molecular flexibility index (Phi) is 4.05. The molecule has 0 aliphatic carbocycles. The van der Waals surface area contributed by atoms with Gasteiger partial charge in [-0.3, -0.25) is 4.79 Å². The molecule has 2 aromatic heterocycles. The molecule has 1 N–H and O–H groups in total. The molecule has 10 heteroatoms. The first-order chi connectivity index (χ1) is 10.7. The number of hydrogen-bond acceptors (Lipinski definition) is 6. The van der Waals surface area contributed by atoms with Crippen LogP contribution in [0, 0.1) is 0 Å². The minimum atomic E-state index is -0.181. The van der Waals surface area contributed by atoms with Crippen LogP contribution in [-0.2, 0) is 11.3 Å². The molecule has 0 saturated heterocycles. The molecule has 0 aliphatic rings. The van der Waals surface area contributed by atoms with Crippen LogP contribution in [0.15, 0.2) is 37.2 Å². The Morgan fingerprint density at radius 2 is 2.23 bits per heavy atom. The number of carbonyl (C=O) groups excluding carboxylic acids is 1. The molecule has 0 unspecified atom stereocenters. The number of amides is 1. The first-order valence-electron chi connectivity index (χ1n) is 6.37. The molecular formula is C12H11ClN8O. The van der Waals surface area contributed by atoms with E-state index in [-0.39, 0.29) is 12.3 Å². The Balaban J connectivity index is 1.73. The second-order valence-electron chi connectivity index (χ2n) is 4.37. The molecule has 1 amide bonds. The fourth-order valence-corrected chi connectivity index (χ4v) is 2.02. The third-order valence-electron chi connectivity index (χ3n) is 2.86. The maximum absolute atomic E-state index is 12.1. The van der Waals surface area contributed by atoms with Crippen LogP contribution in [0.5, 0.6) is 0 Å². The van der Waals surface area contributed by atoms with E-state index < -0.39 is 0 Å². The number of aryl methyl sites for hydroxylation is 1. The summed E-state index contributed by atoms with van der Waals surface area (Å²) >= 11 is 5.99. The highest BCUT2D eigenvalue weighted by Crippen LogP contribution is 2.24. The van der Waals surface area contributed by atoms with Crippen molar-refractivity contribution in [3.8, 4) is 5.69 Å². The zero-order chi connectivity index (χ0) is 15.4. The van der Waals surface area contributed by atoms with E-state index in [1.54, 1.807) is 29.2 Å². The summed E-state index contributed by atoms with van der Waals surface area (Å²) in [7, 11) is 0. The Morgan fingerprint density at radius 1 is 1.32 bits per heavy atom. The van der Waals surface area contributed by atoms with Crippen molar-refractivity contribution in [1.82, 2.24) is 35.0 Å². The Labute approximate surface area is 129 Å². The summed E-state index contributed by atoms with van der Waals surface area (Å²) in [5.41, 5.74) is 1.23. The van der Waals surface area contributed by atoms with E-state index in [4.69, 9.17) is 11.6 Å². The second kappa shape index (κ2) is 6.31. The van der Waals surface area contributed by atoms with Gasteiger partial charge < -0.3 is 5.32 Å². The molecule has 0 bridgehead atoms. The topological polar surface area (TPSA) is 103 Å². The van der Waals surface area contributed by atoms with Gasteiger partial charge in [-0.1, -0.05) is 11.6 Å². The van der Waals surface area contributed by atoms with Gasteiger partial charge in [-0.05, 0) is 28.6 Å². The van der Waals surface area contributed by atoms with E-state index >= 15 is 0 Å². The predicted molar refractivity (Wildman–Crippen MR) is 77.4 cm³/mol. The van der Waals surface area contributed by atoms with Gasteiger partial charge in [-0.15, -0.1) is 5.10 Å². The molecular weight excluding hydrogens is 308 g/mol. The van der Waals surface area contributed by atoms with E-state index in [1.807, 2.05) is 0 Å². The summed E-state index contributed by atoms with van der Waals surface area (Å²) < 4.78 is 3.03. The van der Waals surface area contributed by atoms with Crippen molar-refractivity contribution in [1.29, 1.82) is 0 Å². The second-order valence-corrected chi connectivity index (χ2v) is 4.81. The van der Waals surface area contributed by atoms with Crippen LogP contribution in [0.4, 0.5) is 5.69 Å². The van der Waals surface area contributed by atoms with Crippen LogP contribution in [0.1, 0.15) is 6.42 Å². The van der Waals surface area contributed by atoms with Gasteiger partial charge in [0.25, 0.3) is 0 Å². The Morgan fingerprint density at radius 3 is 2.95 bits per heavy atom. The zero-order valence-electron chi connectivity index (χ0n) is 11.3. The van der Waals surface area contributed by atoms with Gasteiger partial charge in [0.2, 0.25) is 5.91 Å². The molecule has 112 valence electrons. The summed E-state index contributed by atoms with van der Waals surface area (Å²) in [4.78, 5) is 16.0. The van der Waals surface area contributed by atoms with Crippen LogP contribution < -0.4 is 5.32 Å². The first-order valence-corrected chi connectivity index (χ1v) is 6.75. The molecule has 0 atom stereocenters. The standard InChI is InChI=1S/C12H11ClN8O/c13-9-1-2-11(21-7-14-6-16-21)10(5-9)17-12(22)3-4-20-8-15-18-19-20/h1-2,5-8H,3-4H2,(H,17,22). The summed E-state index contributed by atoms with van der Waals surface area (Å²) in [5, 5.41) is 18.1. The lowest BCUT2D eigenvalue weighted by molar-refractivity contribution is -0.116. The summed E-state index contributed by atoms with van der Waals surface area (Å²) in [6.07, 6.45) is 4.64. The van der Waals surface area contributed by atoms with Crippen molar-refractivity contribution in [3.05, 3.63) is 42.2 Å². The van der Waals surface area contributed by atoms with Crippen molar-refractivity contribution < 1.29 is 4.79 Å². The summed E-state index contributed by atoms with van der Waals surface area (Å²) in [5.74, 6) is -0.181. The lowest BCUT2D eigenvalue weighted by Crippen LogP contribution is -2.16. The van der Waals surface area contributed by atoms with E-state index in [9.17, 15) is 4.79 Å². The van der Waals surface area contributed by atoms with E-state index in [2.05, 4.69) is 30.9 Å². The molecule has 3 rings (SSSR count). The number of anilines is 1. The van der Waals surface area contributed by atoms with Gasteiger partial charge in [-0.25, -0.2) is 14.3 Å². The number of benzene rings is 1. The van der Waals surface area contributed by atoms with Crippen molar-refractivity contribution >= 4 is 23.2 Å². The van der Waals surface area contributed by atoms with Crippen molar-refractivity contribution in [2.45, 2.75) is 13.0 Å². The molecule has 0 aliphatic heterocycles. The SMILES string of the molecule is O=C(CCn1cnnn1)Nc1cc(Cl)ccc1-n1cncn1. The molecule has 0 fully saturated rings. The lowest BCUT2D eigenvalue weighted by atomic mass is 10.2. The van der Waals surface area contributed by atoms with Gasteiger partial charge >= 0.3 is 0 Å². The fraction of sp³-hybridized carbons (Fsp3) is 0.167. The number of halogens is 1. The van der Waals surface area contributed by atoms with Crippen LogP contribution in [0.2, 0.25) is 5.02 Å². The molecule has 22 heavy (non-hydrogen) atoms. The van der Waals surface area contributed by atoms with Gasteiger partial charge in [0.15, 0.2) is 0 Å². The molecule has 0 spiro atoms.